The largest absolute Gasteiger partial charge is 0.356 e. The Bertz CT molecular complexity index is 664. The molecular weight excluding hydrogens is 266 g/mol. The van der Waals surface area contributed by atoms with E-state index in [2.05, 4.69) is 5.32 Å². The molecule has 2 aromatic rings. The van der Waals surface area contributed by atoms with E-state index in [4.69, 9.17) is 4.74 Å². The lowest BCUT2D eigenvalue weighted by atomic mass is 10.0. The van der Waals surface area contributed by atoms with Crippen molar-refractivity contribution in [2.45, 2.75) is 19.1 Å². The van der Waals surface area contributed by atoms with Crippen molar-refractivity contribution in [2.75, 3.05) is 5.32 Å². The molecule has 2 atom stereocenters. The molecule has 2 aromatic carbocycles. The molecular formula is C17H15NO3. The van der Waals surface area contributed by atoms with Crippen LogP contribution in [-0.2, 0) is 9.53 Å². The highest BCUT2D eigenvalue weighted by Gasteiger charge is 2.45. The molecule has 0 aromatic heterocycles. The molecule has 0 unspecified atom stereocenters. The zero-order valence-electron chi connectivity index (χ0n) is 11.6. The first kappa shape index (κ1) is 13.5. The highest BCUT2D eigenvalue weighted by molar-refractivity contribution is 6.02. The van der Waals surface area contributed by atoms with Crippen molar-refractivity contribution in [3.63, 3.8) is 0 Å². The first-order chi connectivity index (χ1) is 10.1. The molecule has 1 amide bonds. The number of ketones is 1. The first-order valence-corrected chi connectivity index (χ1v) is 6.77. The maximum absolute atomic E-state index is 12.3. The van der Waals surface area contributed by atoms with Gasteiger partial charge in [0.1, 0.15) is 6.10 Å². The normalized spacial score (nSPS) is 19.9. The third-order valence-electron chi connectivity index (χ3n) is 3.37. The average molecular weight is 281 g/mol. The van der Waals surface area contributed by atoms with Gasteiger partial charge in [-0.2, -0.15) is 0 Å². The molecule has 3 rings (SSSR count). The van der Waals surface area contributed by atoms with Crippen LogP contribution in [0.15, 0.2) is 54.6 Å². The van der Waals surface area contributed by atoms with Crippen LogP contribution in [0.1, 0.15) is 28.9 Å². The van der Waals surface area contributed by atoms with Crippen LogP contribution in [0.2, 0.25) is 0 Å². The number of hydrogen-bond acceptors (Lipinski definition) is 3. The minimum absolute atomic E-state index is 0.0294. The Labute approximate surface area is 122 Å². The number of rotatable bonds is 4. The van der Waals surface area contributed by atoms with Crippen molar-refractivity contribution in [3.05, 3.63) is 65.7 Å². The number of nitrogens with one attached hydrogen (secondary N) is 1. The van der Waals surface area contributed by atoms with E-state index in [1.54, 1.807) is 24.3 Å². The van der Waals surface area contributed by atoms with Gasteiger partial charge < -0.3 is 10.1 Å². The summed E-state index contributed by atoms with van der Waals surface area (Å²) in [7, 11) is 0. The molecule has 1 aliphatic heterocycles. The van der Waals surface area contributed by atoms with Crippen molar-refractivity contribution in [1.82, 2.24) is 0 Å². The molecule has 1 heterocycles. The van der Waals surface area contributed by atoms with E-state index in [0.717, 1.165) is 5.56 Å². The smallest absolute Gasteiger partial charge is 0.221 e. The summed E-state index contributed by atoms with van der Waals surface area (Å²) in [5.41, 5.74) is 2.29. The van der Waals surface area contributed by atoms with E-state index in [1.807, 2.05) is 30.3 Å². The van der Waals surface area contributed by atoms with Gasteiger partial charge in [-0.15, -0.1) is 0 Å². The van der Waals surface area contributed by atoms with Crippen LogP contribution in [-0.4, -0.2) is 17.8 Å². The summed E-state index contributed by atoms with van der Waals surface area (Å²) in [6, 6.07) is 16.6. The molecule has 4 heteroatoms. The van der Waals surface area contributed by atoms with Crippen molar-refractivity contribution in [3.8, 4) is 0 Å². The maximum atomic E-state index is 12.3. The predicted octanol–water partition coefficient (Wildman–Crippen LogP) is 2.97. The highest BCUT2D eigenvalue weighted by atomic mass is 16.6. The monoisotopic (exact) mass is 281 g/mol. The fourth-order valence-electron chi connectivity index (χ4n) is 2.29. The molecule has 21 heavy (non-hydrogen) atoms. The van der Waals surface area contributed by atoms with Crippen LogP contribution in [0.5, 0.6) is 0 Å². The Morgan fingerprint density at radius 1 is 1.00 bits per heavy atom. The molecule has 0 bridgehead atoms. The van der Waals surface area contributed by atoms with Crippen LogP contribution >= 0.6 is 0 Å². The number of hydrogen-bond donors (Lipinski definition) is 1. The summed E-state index contributed by atoms with van der Waals surface area (Å²) in [4.78, 5) is 23.3. The molecule has 0 radical (unpaired) electrons. The van der Waals surface area contributed by atoms with Crippen molar-refractivity contribution < 1.29 is 14.3 Å². The zero-order chi connectivity index (χ0) is 14.8. The number of epoxide rings is 1. The molecule has 0 aliphatic carbocycles. The quantitative estimate of drug-likeness (QED) is 0.692. The van der Waals surface area contributed by atoms with E-state index in [1.165, 1.54) is 6.92 Å². The third-order valence-corrected chi connectivity index (χ3v) is 3.37. The maximum Gasteiger partial charge on any atom is 0.221 e. The number of anilines is 1. The molecule has 1 saturated heterocycles. The van der Waals surface area contributed by atoms with E-state index in [0.29, 0.717) is 11.3 Å². The van der Waals surface area contributed by atoms with Gasteiger partial charge >= 0.3 is 0 Å². The van der Waals surface area contributed by atoms with Gasteiger partial charge in [-0.3, -0.25) is 9.59 Å². The number of carbonyl (C=O) groups excluding carboxylic acids is 2. The fourth-order valence-corrected chi connectivity index (χ4v) is 2.29. The molecule has 106 valence electrons. The summed E-state index contributed by atoms with van der Waals surface area (Å²) >= 11 is 0. The molecule has 1 N–H and O–H groups in total. The van der Waals surface area contributed by atoms with Gasteiger partial charge in [0.2, 0.25) is 5.91 Å². The van der Waals surface area contributed by atoms with Gasteiger partial charge in [0.05, 0.1) is 0 Å². The Hall–Kier alpha value is -2.46. The van der Waals surface area contributed by atoms with Gasteiger partial charge in [-0.25, -0.2) is 0 Å². The first-order valence-electron chi connectivity index (χ1n) is 6.77. The van der Waals surface area contributed by atoms with Gasteiger partial charge in [-0.1, -0.05) is 30.3 Å². The topological polar surface area (TPSA) is 58.7 Å². The summed E-state index contributed by atoms with van der Waals surface area (Å²) < 4.78 is 5.49. The predicted molar refractivity (Wildman–Crippen MR) is 79.1 cm³/mol. The van der Waals surface area contributed by atoms with E-state index in [-0.39, 0.29) is 17.8 Å². The number of ether oxygens (including phenoxy) is 1. The second kappa shape index (κ2) is 5.50. The van der Waals surface area contributed by atoms with Crippen molar-refractivity contribution in [1.29, 1.82) is 0 Å². The summed E-state index contributed by atoms with van der Waals surface area (Å²) in [5.74, 6) is -0.165. The second-order valence-corrected chi connectivity index (χ2v) is 5.01. The fraction of sp³-hybridized carbons (Fsp3) is 0.176. The lowest BCUT2D eigenvalue weighted by Gasteiger charge is -2.03. The standard InChI is InChI=1S/C17H15NO3/c1-11(19)18-14-9-7-12(8-10-14)15(20)17-16(21-17)13-5-3-2-4-6-13/h2-10,16-17H,1H3,(H,18,19)/t16-,17-/m1/s1. The molecule has 1 fully saturated rings. The van der Waals surface area contributed by atoms with Gasteiger partial charge in [-0.05, 0) is 29.8 Å². The Morgan fingerprint density at radius 2 is 1.67 bits per heavy atom. The third kappa shape index (κ3) is 3.01. The highest BCUT2D eigenvalue weighted by Crippen LogP contribution is 2.40. The van der Waals surface area contributed by atoms with Crippen LogP contribution in [0, 0.1) is 0 Å². The van der Waals surface area contributed by atoms with Crippen LogP contribution in [0.4, 0.5) is 5.69 Å². The van der Waals surface area contributed by atoms with Gasteiger partial charge in [0.15, 0.2) is 11.9 Å². The van der Waals surface area contributed by atoms with E-state index < -0.39 is 6.10 Å². The number of amides is 1. The van der Waals surface area contributed by atoms with Crippen LogP contribution in [0.3, 0.4) is 0 Å². The van der Waals surface area contributed by atoms with E-state index in [9.17, 15) is 9.59 Å². The van der Waals surface area contributed by atoms with E-state index >= 15 is 0 Å². The van der Waals surface area contributed by atoms with Gasteiger partial charge in [0, 0.05) is 18.2 Å². The Balaban J connectivity index is 1.68. The lowest BCUT2D eigenvalue weighted by Crippen LogP contribution is -2.09. The molecule has 1 aliphatic rings. The van der Waals surface area contributed by atoms with Crippen molar-refractivity contribution >= 4 is 17.4 Å². The Morgan fingerprint density at radius 3 is 2.29 bits per heavy atom. The number of Topliss-reactive ketones (excluding diaryl/α,β-unsaturated/α-hetero) is 1. The van der Waals surface area contributed by atoms with Crippen LogP contribution in [0.25, 0.3) is 0 Å². The summed E-state index contributed by atoms with van der Waals surface area (Å²) in [6.45, 7) is 1.45. The minimum atomic E-state index is -0.404. The summed E-state index contributed by atoms with van der Waals surface area (Å²) in [6.07, 6.45) is -0.548. The number of benzene rings is 2. The molecule has 0 spiro atoms. The molecule has 4 nitrogen and oxygen atoms in total. The Kier molecular flexibility index (Phi) is 3.54. The lowest BCUT2D eigenvalue weighted by molar-refractivity contribution is -0.114. The minimum Gasteiger partial charge on any atom is -0.356 e. The molecule has 0 saturated carbocycles. The second-order valence-electron chi connectivity index (χ2n) is 5.01. The van der Waals surface area contributed by atoms with Crippen molar-refractivity contribution in [2.24, 2.45) is 0 Å². The zero-order valence-corrected chi connectivity index (χ0v) is 11.6. The summed E-state index contributed by atoms with van der Waals surface area (Å²) in [5, 5.41) is 2.67. The number of carbonyl (C=O) groups is 2. The van der Waals surface area contributed by atoms with Crippen LogP contribution < -0.4 is 5.32 Å². The van der Waals surface area contributed by atoms with Gasteiger partial charge in [0.25, 0.3) is 0 Å². The average Bonchev–Trinajstić information content (AvgIpc) is 3.28. The SMILES string of the molecule is CC(=O)Nc1ccc(C(=O)[C@H]2O[C@@H]2c2ccccc2)cc1.